The molecule has 0 aliphatic carbocycles. The highest BCUT2D eigenvalue weighted by molar-refractivity contribution is 7.89. The molecule has 202 valence electrons. The first-order valence-corrected chi connectivity index (χ1v) is 15.1. The van der Waals surface area contributed by atoms with Crippen molar-refractivity contribution in [2.75, 3.05) is 32.7 Å². The van der Waals surface area contributed by atoms with Gasteiger partial charge in [0.05, 0.1) is 10.4 Å². The van der Waals surface area contributed by atoms with E-state index in [4.69, 9.17) is 0 Å². The van der Waals surface area contributed by atoms with Gasteiger partial charge in [0.2, 0.25) is 15.5 Å². The Labute approximate surface area is 224 Å². The minimum absolute atomic E-state index is 0.0386. The van der Waals surface area contributed by atoms with Crippen LogP contribution in [-0.4, -0.2) is 60.8 Å². The molecule has 2 aliphatic rings. The van der Waals surface area contributed by atoms with Crippen molar-refractivity contribution in [3.8, 4) is 0 Å². The first kappa shape index (κ1) is 26.6. The maximum Gasteiger partial charge on any atom is 0.256 e. The number of nitrogens with one attached hydrogen (secondary N) is 1. The van der Waals surface area contributed by atoms with Gasteiger partial charge in [-0.1, -0.05) is 37.1 Å². The summed E-state index contributed by atoms with van der Waals surface area (Å²) in [5.74, 6) is -0.421. The molecule has 8 nitrogen and oxygen atoms in total. The maximum atomic E-state index is 13.6. The Balaban J connectivity index is 1.40. The van der Waals surface area contributed by atoms with Crippen molar-refractivity contribution in [1.82, 2.24) is 19.1 Å². The largest absolute Gasteiger partial charge is 0.351 e. The van der Waals surface area contributed by atoms with Crippen molar-refractivity contribution >= 4 is 26.8 Å². The number of benzene rings is 2. The van der Waals surface area contributed by atoms with E-state index in [2.05, 4.69) is 10.2 Å². The van der Waals surface area contributed by atoms with E-state index in [1.807, 2.05) is 35.8 Å². The third-order valence-corrected chi connectivity index (χ3v) is 9.62. The fourth-order valence-corrected chi connectivity index (χ4v) is 7.01. The molecule has 1 N–H and O–H groups in total. The predicted molar refractivity (Wildman–Crippen MR) is 149 cm³/mol. The highest BCUT2D eigenvalue weighted by atomic mass is 32.2. The predicted octanol–water partition coefficient (Wildman–Crippen LogP) is 3.37. The number of pyridine rings is 1. The Bertz CT molecular complexity index is 1490. The van der Waals surface area contributed by atoms with Gasteiger partial charge in [0.1, 0.15) is 5.56 Å². The van der Waals surface area contributed by atoms with E-state index < -0.39 is 21.4 Å². The number of hydrogen-bond donors (Lipinski definition) is 1. The molecule has 38 heavy (non-hydrogen) atoms. The fraction of sp³-hybridized carbons (Fsp3) is 0.448. The molecular weight excluding hydrogens is 500 g/mol. The van der Waals surface area contributed by atoms with Crippen molar-refractivity contribution < 1.29 is 13.2 Å². The van der Waals surface area contributed by atoms with E-state index in [-0.39, 0.29) is 15.8 Å². The van der Waals surface area contributed by atoms with E-state index in [9.17, 15) is 18.0 Å². The molecule has 2 aliphatic heterocycles. The summed E-state index contributed by atoms with van der Waals surface area (Å²) >= 11 is 0. The monoisotopic (exact) mass is 536 g/mol. The molecule has 0 unspecified atom stereocenters. The fourth-order valence-electron chi connectivity index (χ4n) is 5.57. The molecule has 1 aromatic heterocycles. The summed E-state index contributed by atoms with van der Waals surface area (Å²) in [7, 11) is -3.82. The lowest BCUT2D eigenvalue weighted by molar-refractivity contribution is 0.0947. The normalized spacial score (nSPS) is 17.2. The average Bonchev–Trinajstić information content (AvgIpc) is 3.21. The number of nitrogens with zero attached hydrogens (tertiary/aromatic N) is 3. The number of likely N-dealkylation sites (tertiary alicyclic amines) is 1. The first-order valence-electron chi connectivity index (χ1n) is 13.6. The number of fused-ring (bicyclic) bond motifs is 2. The van der Waals surface area contributed by atoms with E-state index in [1.54, 1.807) is 18.3 Å². The van der Waals surface area contributed by atoms with Gasteiger partial charge in [-0.2, -0.15) is 4.31 Å². The Morgan fingerprint density at radius 3 is 2.45 bits per heavy atom. The quantitative estimate of drug-likeness (QED) is 0.500. The Morgan fingerprint density at radius 2 is 1.71 bits per heavy atom. The van der Waals surface area contributed by atoms with Crippen LogP contribution < -0.4 is 10.7 Å². The first-order chi connectivity index (χ1) is 18.4. The van der Waals surface area contributed by atoms with Gasteiger partial charge in [0, 0.05) is 44.3 Å². The zero-order chi connectivity index (χ0) is 26.7. The van der Waals surface area contributed by atoms with Crippen molar-refractivity contribution in [3.05, 3.63) is 75.6 Å². The SMILES string of the molecule is CCn1cc(C(=O)NCCN2CCCCCC2)c(=O)c2cc(S(=O)(=O)N3CCc4ccccc4C3)ccc21. The molecule has 3 heterocycles. The van der Waals surface area contributed by atoms with Crippen molar-refractivity contribution in [2.24, 2.45) is 0 Å². The highest BCUT2D eigenvalue weighted by Gasteiger charge is 2.29. The lowest BCUT2D eigenvalue weighted by Crippen LogP contribution is -2.37. The number of aromatic nitrogens is 1. The average molecular weight is 537 g/mol. The highest BCUT2D eigenvalue weighted by Crippen LogP contribution is 2.26. The van der Waals surface area contributed by atoms with Crippen LogP contribution in [-0.2, 0) is 29.5 Å². The third kappa shape index (κ3) is 5.41. The minimum atomic E-state index is -3.82. The molecule has 5 rings (SSSR count). The number of hydrogen-bond acceptors (Lipinski definition) is 5. The second kappa shape index (κ2) is 11.4. The minimum Gasteiger partial charge on any atom is -0.351 e. The lowest BCUT2D eigenvalue weighted by atomic mass is 10.0. The molecule has 0 atom stereocenters. The maximum absolute atomic E-state index is 13.6. The molecule has 0 bridgehead atoms. The summed E-state index contributed by atoms with van der Waals surface area (Å²) in [6.45, 7) is 6.45. The van der Waals surface area contributed by atoms with Gasteiger partial charge in [-0.25, -0.2) is 8.42 Å². The summed E-state index contributed by atoms with van der Waals surface area (Å²) in [6.07, 6.45) is 7.08. The number of carbonyl (C=O) groups excluding carboxylic acids is 1. The zero-order valence-corrected chi connectivity index (χ0v) is 22.8. The molecule has 1 saturated heterocycles. The standard InChI is InChI=1S/C29H36N4O4S/c1-2-32-21-26(29(35)30-14-18-31-15-7-3-4-8-16-31)28(34)25-19-24(11-12-27(25)32)38(36,37)33-17-13-22-9-5-6-10-23(22)20-33/h5-6,9-12,19,21H,2-4,7-8,13-18,20H2,1H3,(H,30,35). The Morgan fingerprint density at radius 1 is 0.974 bits per heavy atom. The summed E-state index contributed by atoms with van der Waals surface area (Å²) in [5, 5.41) is 3.15. The molecule has 0 saturated carbocycles. The second-order valence-electron chi connectivity index (χ2n) is 10.2. The van der Waals surface area contributed by atoms with E-state index in [1.165, 1.54) is 36.1 Å². The molecule has 3 aromatic rings. The Kier molecular flexibility index (Phi) is 7.97. The third-order valence-electron chi connectivity index (χ3n) is 7.78. The molecule has 0 radical (unpaired) electrons. The van der Waals surface area contributed by atoms with Crippen LogP contribution in [0.25, 0.3) is 10.9 Å². The van der Waals surface area contributed by atoms with Crippen LogP contribution >= 0.6 is 0 Å². The van der Waals surface area contributed by atoms with Crippen LogP contribution in [0.4, 0.5) is 0 Å². The summed E-state index contributed by atoms with van der Waals surface area (Å²) in [5.41, 5.74) is 2.36. The van der Waals surface area contributed by atoms with Crippen LogP contribution in [0.3, 0.4) is 0 Å². The van der Waals surface area contributed by atoms with Crippen molar-refractivity contribution in [1.29, 1.82) is 0 Å². The van der Waals surface area contributed by atoms with Crippen molar-refractivity contribution in [3.63, 3.8) is 0 Å². The molecule has 9 heteroatoms. The molecule has 2 aromatic carbocycles. The van der Waals surface area contributed by atoms with Gasteiger partial charge in [-0.15, -0.1) is 0 Å². The van der Waals surface area contributed by atoms with Crippen LogP contribution in [0, 0.1) is 0 Å². The zero-order valence-electron chi connectivity index (χ0n) is 22.0. The Hall–Kier alpha value is -3.01. The van der Waals surface area contributed by atoms with Crippen LogP contribution in [0.15, 0.2) is 58.4 Å². The van der Waals surface area contributed by atoms with Gasteiger partial charge in [-0.05, 0) is 68.6 Å². The second-order valence-corrected chi connectivity index (χ2v) is 12.1. The summed E-state index contributed by atoms with van der Waals surface area (Å²) < 4.78 is 30.4. The van der Waals surface area contributed by atoms with E-state index in [0.29, 0.717) is 38.1 Å². The van der Waals surface area contributed by atoms with E-state index >= 15 is 0 Å². The van der Waals surface area contributed by atoms with Crippen LogP contribution in [0.2, 0.25) is 0 Å². The van der Waals surface area contributed by atoms with Gasteiger partial charge < -0.3 is 14.8 Å². The molecular formula is C29H36N4O4S. The molecule has 1 amide bonds. The van der Waals surface area contributed by atoms with Gasteiger partial charge in [0.25, 0.3) is 5.91 Å². The topological polar surface area (TPSA) is 91.7 Å². The number of rotatable bonds is 7. The van der Waals surface area contributed by atoms with Crippen molar-refractivity contribution in [2.45, 2.75) is 57.0 Å². The summed E-state index contributed by atoms with van der Waals surface area (Å²) in [4.78, 5) is 29.0. The smallest absolute Gasteiger partial charge is 0.256 e. The van der Waals surface area contributed by atoms with Gasteiger partial charge in [0.15, 0.2) is 0 Å². The molecule has 0 spiro atoms. The number of aryl methyl sites for hydroxylation is 1. The lowest BCUT2D eigenvalue weighted by Gasteiger charge is -2.28. The number of sulfonamides is 1. The van der Waals surface area contributed by atoms with Gasteiger partial charge in [-0.3, -0.25) is 9.59 Å². The van der Waals surface area contributed by atoms with Crippen LogP contribution in [0.1, 0.15) is 54.1 Å². The number of amides is 1. The number of carbonyl (C=O) groups is 1. The van der Waals surface area contributed by atoms with E-state index in [0.717, 1.165) is 30.8 Å². The molecule has 1 fully saturated rings. The summed E-state index contributed by atoms with van der Waals surface area (Å²) in [6, 6.07) is 12.5. The van der Waals surface area contributed by atoms with Crippen LogP contribution in [0.5, 0.6) is 0 Å². The van der Waals surface area contributed by atoms with Gasteiger partial charge >= 0.3 is 0 Å².